The quantitative estimate of drug-likeness (QED) is 0.628. The summed E-state index contributed by atoms with van der Waals surface area (Å²) in [5, 5.41) is 4.40. The van der Waals surface area contributed by atoms with Crippen LogP contribution in [0, 0.1) is 0 Å². The van der Waals surface area contributed by atoms with Gasteiger partial charge in [-0.25, -0.2) is 0 Å². The van der Waals surface area contributed by atoms with Crippen LogP contribution in [0.25, 0.3) is 0 Å². The van der Waals surface area contributed by atoms with Gasteiger partial charge in [0.25, 0.3) is 0 Å². The van der Waals surface area contributed by atoms with Crippen LogP contribution in [-0.4, -0.2) is 14.8 Å². The maximum Gasteiger partial charge on any atom is 0.0712 e. The molecule has 0 amide bonds. The van der Waals surface area contributed by atoms with Crippen molar-refractivity contribution in [3.05, 3.63) is 46.5 Å². The van der Waals surface area contributed by atoms with Crippen molar-refractivity contribution in [2.24, 2.45) is 5.84 Å². The first kappa shape index (κ1) is 15.2. The van der Waals surface area contributed by atoms with E-state index >= 15 is 0 Å². The second-order valence-electron chi connectivity index (χ2n) is 5.03. The molecule has 5 nitrogen and oxygen atoms in total. The van der Waals surface area contributed by atoms with Crippen LogP contribution in [-0.2, 0) is 6.42 Å². The van der Waals surface area contributed by atoms with E-state index in [-0.39, 0.29) is 6.04 Å². The van der Waals surface area contributed by atoms with Crippen LogP contribution in [0.1, 0.15) is 43.6 Å². The second kappa shape index (κ2) is 6.97. The molecule has 0 saturated heterocycles. The van der Waals surface area contributed by atoms with Gasteiger partial charge >= 0.3 is 0 Å². The third-order valence-corrected chi connectivity index (χ3v) is 3.89. The number of aryl methyl sites for hydroxylation is 1. The largest absolute Gasteiger partial charge is 0.271 e. The van der Waals surface area contributed by atoms with Crippen LogP contribution in [0.15, 0.2) is 35.2 Å². The highest BCUT2D eigenvalue weighted by molar-refractivity contribution is 9.10. The summed E-state index contributed by atoms with van der Waals surface area (Å²) in [6, 6.07) is 4.42. The molecular weight excluding hydrogens is 318 g/mol. The fraction of sp³-hybridized carbons (Fsp3) is 0.429. The van der Waals surface area contributed by atoms with E-state index in [0.717, 1.165) is 23.0 Å². The van der Waals surface area contributed by atoms with E-state index in [1.54, 1.807) is 0 Å². The number of halogens is 1. The van der Waals surface area contributed by atoms with Gasteiger partial charge in [0.2, 0.25) is 0 Å². The fourth-order valence-corrected chi connectivity index (χ4v) is 2.80. The van der Waals surface area contributed by atoms with Crippen LogP contribution < -0.4 is 11.3 Å². The number of aromatic nitrogens is 3. The Labute approximate surface area is 127 Å². The van der Waals surface area contributed by atoms with Crippen molar-refractivity contribution in [3.8, 4) is 0 Å². The lowest BCUT2D eigenvalue weighted by atomic mass is 10.0. The van der Waals surface area contributed by atoms with Gasteiger partial charge in [0, 0.05) is 18.4 Å². The van der Waals surface area contributed by atoms with Gasteiger partial charge in [0.1, 0.15) is 0 Å². The topological polar surface area (TPSA) is 68.8 Å². The molecule has 0 spiro atoms. The Morgan fingerprint density at radius 1 is 1.35 bits per heavy atom. The molecule has 0 bridgehead atoms. The zero-order valence-corrected chi connectivity index (χ0v) is 13.3. The molecule has 1 atom stereocenters. The molecule has 6 heteroatoms. The zero-order valence-electron chi connectivity index (χ0n) is 11.8. The summed E-state index contributed by atoms with van der Waals surface area (Å²) in [7, 11) is 0. The van der Waals surface area contributed by atoms with Crippen molar-refractivity contribution in [2.75, 3.05) is 0 Å². The minimum absolute atomic E-state index is 0.0578. The van der Waals surface area contributed by atoms with Crippen molar-refractivity contribution in [2.45, 2.75) is 38.8 Å². The first-order valence-corrected chi connectivity index (χ1v) is 7.50. The van der Waals surface area contributed by atoms with E-state index in [1.807, 2.05) is 35.4 Å². The Morgan fingerprint density at radius 2 is 2.05 bits per heavy atom. The van der Waals surface area contributed by atoms with E-state index in [0.29, 0.717) is 6.04 Å². The number of nitrogens with zero attached hydrogens (tertiary/aromatic N) is 3. The highest BCUT2D eigenvalue weighted by Crippen LogP contribution is 2.28. The number of hydrazine groups is 1. The lowest BCUT2D eigenvalue weighted by Gasteiger charge is -2.20. The Balaban J connectivity index is 2.14. The standard InChI is InChI=1S/C14H20BrN5/c1-10(2)20-14(12(15)9-18-20)13(19-16)4-3-11-5-7-17-8-6-11/h5-10,13,19H,3-4,16H2,1-2H3. The van der Waals surface area contributed by atoms with E-state index in [4.69, 9.17) is 5.84 Å². The van der Waals surface area contributed by atoms with Crippen LogP contribution in [0.5, 0.6) is 0 Å². The molecule has 108 valence electrons. The van der Waals surface area contributed by atoms with Crippen molar-refractivity contribution in [3.63, 3.8) is 0 Å². The number of hydrogen-bond donors (Lipinski definition) is 2. The van der Waals surface area contributed by atoms with Gasteiger partial charge < -0.3 is 0 Å². The van der Waals surface area contributed by atoms with Crippen LogP contribution in [0.4, 0.5) is 0 Å². The molecule has 0 aliphatic carbocycles. The lowest BCUT2D eigenvalue weighted by molar-refractivity contribution is 0.432. The van der Waals surface area contributed by atoms with Gasteiger partial charge in [-0.3, -0.25) is 20.9 Å². The Hall–Kier alpha value is -1.24. The van der Waals surface area contributed by atoms with Crippen LogP contribution in [0.2, 0.25) is 0 Å². The summed E-state index contributed by atoms with van der Waals surface area (Å²) in [5.41, 5.74) is 5.25. The number of hydrogen-bond acceptors (Lipinski definition) is 4. The molecule has 1 unspecified atom stereocenters. The molecule has 2 heterocycles. The number of pyridine rings is 1. The van der Waals surface area contributed by atoms with Gasteiger partial charge in [-0.15, -0.1) is 0 Å². The molecule has 2 aromatic rings. The summed E-state index contributed by atoms with van der Waals surface area (Å²) in [6.45, 7) is 4.22. The summed E-state index contributed by atoms with van der Waals surface area (Å²) in [5.74, 6) is 5.74. The van der Waals surface area contributed by atoms with Gasteiger partial charge in [0.05, 0.1) is 22.4 Å². The van der Waals surface area contributed by atoms with Crippen LogP contribution in [0.3, 0.4) is 0 Å². The monoisotopic (exact) mass is 337 g/mol. The van der Waals surface area contributed by atoms with E-state index in [9.17, 15) is 0 Å². The average Bonchev–Trinajstić information content (AvgIpc) is 2.83. The Kier molecular flexibility index (Phi) is 5.28. The molecule has 3 N–H and O–H groups in total. The lowest BCUT2D eigenvalue weighted by Crippen LogP contribution is -2.31. The molecule has 0 aromatic carbocycles. The van der Waals surface area contributed by atoms with Crippen molar-refractivity contribution < 1.29 is 0 Å². The van der Waals surface area contributed by atoms with E-state index in [1.165, 1.54) is 5.56 Å². The highest BCUT2D eigenvalue weighted by Gasteiger charge is 2.20. The normalized spacial score (nSPS) is 12.8. The highest BCUT2D eigenvalue weighted by atomic mass is 79.9. The van der Waals surface area contributed by atoms with Crippen molar-refractivity contribution in [1.82, 2.24) is 20.2 Å². The molecule has 0 radical (unpaired) electrons. The van der Waals surface area contributed by atoms with E-state index in [2.05, 4.69) is 45.3 Å². The first-order chi connectivity index (χ1) is 9.63. The molecule has 0 aliphatic heterocycles. The zero-order chi connectivity index (χ0) is 14.5. The molecular formula is C14H20BrN5. The maximum absolute atomic E-state index is 5.74. The van der Waals surface area contributed by atoms with Crippen molar-refractivity contribution >= 4 is 15.9 Å². The molecule has 2 rings (SSSR count). The third kappa shape index (κ3) is 3.45. The van der Waals surface area contributed by atoms with Gasteiger partial charge in [-0.2, -0.15) is 5.10 Å². The smallest absolute Gasteiger partial charge is 0.0712 e. The minimum atomic E-state index is 0.0578. The summed E-state index contributed by atoms with van der Waals surface area (Å²) in [6.07, 6.45) is 7.29. The third-order valence-electron chi connectivity index (χ3n) is 3.28. The maximum atomic E-state index is 5.74. The van der Waals surface area contributed by atoms with Crippen LogP contribution >= 0.6 is 15.9 Å². The summed E-state index contributed by atoms with van der Waals surface area (Å²) >= 11 is 3.56. The van der Waals surface area contributed by atoms with Crippen molar-refractivity contribution in [1.29, 1.82) is 0 Å². The molecule has 0 saturated carbocycles. The molecule has 0 fully saturated rings. The molecule has 0 aliphatic rings. The minimum Gasteiger partial charge on any atom is -0.271 e. The van der Waals surface area contributed by atoms with E-state index < -0.39 is 0 Å². The second-order valence-corrected chi connectivity index (χ2v) is 5.88. The SMILES string of the molecule is CC(C)n1ncc(Br)c1C(CCc1ccncc1)NN. The number of nitrogens with one attached hydrogen (secondary N) is 1. The number of nitrogens with two attached hydrogens (primary N) is 1. The summed E-state index contributed by atoms with van der Waals surface area (Å²) < 4.78 is 2.99. The Morgan fingerprint density at radius 3 is 2.65 bits per heavy atom. The predicted octanol–water partition coefficient (Wildman–Crippen LogP) is 2.76. The average molecular weight is 338 g/mol. The number of rotatable bonds is 6. The first-order valence-electron chi connectivity index (χ1n) is 6.71. The van der Waals surface area contributed by atoms with Gasteiger partial charge in [-0.1, -0.05) is 0 Å². The van der Waals surface area contributed by atoms with Gasteiger partial charge in [0.15, 0.2) is 0 Å². The predicted molar refractivity (Wildman–Crippen MR) is 82.9 cm³/mol. The fourth-order valence-electron chi connectivity index (χ4n) is 2.25. The molecule has 20 heavy (non-hydrogen) atoms. The summed E-state index contributed by atoms with van der Waals surface area (Å²) in [4.78, 5) is 4.03. The Bertz CT molecular complexity index is 538. The molecule has 2 aromatic heterocycles. The van der Waals surface area contributed by atoms with Gasteiger partial charge in [-0.05, 0) is 60.3 Å².